The van der Waals surface area contributed by atoms with Gasteiger partial charge in [0.15, 0.2) is 11.5 Å². The summed E-state index contributed by atoms with van der Waals surface area (Å²) < 4.78 is 6.18. The zero-order valence-corrected chi connectivity index (χ0v) is 18.2. The van der Waals surface area contributed by atoms with Gasteiger partial charge in [0.25, 0.3) is 0 Å². The van der Waals surface area contributed by atoms with Crippen molar-refractivity contribution in [3.8, 4) is 11.5 Å². The molecule has 4 heteroatoms. The Hall–Kier alpha value is -4.27. The third-order valence-electron chi connectivity index (χ3n) is 6.18. The van der Waals surface area contributed by atoms with Gasteiger partial charge in [-0.25, -0.2) is 4.99 Å². The summed E-state index contributed by atoms with van der Waals surface area (Å²) >= 11 is 0. The minimum atomic E-state index is 0.686. The largest absolute Gasteiger partial charge is 0.453 e. The monoisotopic (exact) mass is 429 g/mol. The van der Waals surface area contributed by atoms with Gasteiger partial charge in [-0.2, -0.15) is 0 Å². The van der Waals surface area contributed by atoms with Gasteiger partial charge in [0.2, 0.25) is 0 Å². The van der Waals surface area contributed by atoms with Gasteiger partial charge in [0.1, 0.15) is 0 Å². The molecule has 160 valence electrons. The van der Waals surface area contributed by atoms with Crippen molar-refractivity contribution < 1.29 is 4.74 Å². The van der Waals surface area contributed by atoms with Gasteiger partial charge in [0, 0.05) is 23.4 Å². The van der Waals surface area contributed by atoms with E-state index >= 15 is 0 Å². The minimum Gasteiger partial charge on any atom is -0.453 e. The van der Waals surface area contributed by atoms with Crippen LogP contribution in [0.4, 0.5) is 11.4 Å². The standard InChI is InChI=1S/C29H23N3O/c30-24-16-23(18-31-19-24)21-14-12-20(13-15-21)22-6-5-7-25(17-22)32-26-8-1-3-10-28(26)33-29-11-4-2-9-27(29)32/h1-4,6,8-15,17,19H,5,7,16,30H2. The van der Waals surface area contributed by atoms with Crippen LogP contribution in [0.5, 0.6) is 11.5 Å². The van der Waals surface area contributed by atoms with Crippen molar-refractivity contribution in [2.75, 3.05) is 4.90 Å². The van der Waals surface area contributed by atoms with Crippen LogP contribution < -0.4 is 15.4 Å². The molecule has 0 saturated carbocycles. The van der Waals surface area contributed by atoms with E-state index in [2.05, 4.69) is 76.4 Å². The van der Waals surface area contributed by atoms with E-state index in [0.717, 1.165) is 52.5 Å². The average Bonchev–Trinajstić information content (AvgIpc) is 2.87. The molecule has 2 aliphatic heterocycles. The molecule has 0 saturated heterocycles. The number of nitrogens with two attached hydrogens (primary N) is 1. The van der Waals surface area contributed by atoms with Crippen molar-refractivity contribution in [2.45, 2.75) is 19.3 Å². The second-order valence-corrected chi connectivity index (χ2v) is 8.38. The predicted molar refractivity (Wildman–Crippen MR) is 135 cm³/mol. The summed E-state index contributed by atoms with van der Waals surface area (Å²) in [6.07, 6.45) is 8.94. The lowest BCUT2D eigenvalue weighted by molar-refractivity contribution is 0.475. The highest BCUT2D eigenvalue weighted by atomic mass is 16.5. The Morgan fingerprint density at radius 3 is 2.21 bits per heavy atom. The third-order valence-corrected chi connectivity index (χ3v) is 6.18. The summed E-state index contributed by atoms with van der Waals surface area (Å²) in [6.45, 7) is 0. The quantitative estimate of drug-likeness (QED) is 0.490. The van der Waals surface area contributed by atoms with Gasteiger partial charge in [0.05, 0.1) is 17.6 Å². The van der Waals surface area contributed by atoms with Crippen molar-refractivity contribution >= 4 is 28.4 Å². The van der Waals surface area contributed by atoms with E-state index in [-0.39, 0.29) is 0 Å². The Kier molecular flexibility index (Phi) is 4.71. The summed E-state index contributed by atoms with van der Waals surface area (Å²) in [7, 11) is 0. The summed E-state index contributed by atoms with van der Waals surface area (Å²) in [4.78, 5) is 6.46. The van der Waals surface area contributed by atoms with Crippen LogP contribution in [0.1, 0.15) is 30.4 Å². The fraction of sp³-hybridized carbons (Fsp3) is 0.103. The molecule has 3 aromatic rings. The van der Waals surface area contributed by atoms with Crippen LogP contribution in [-0.2, 0) is 0 Å². The Labute approximate surface area is 193 Å². The molecule has 3 aromatic carbocycles. The number of rotatable bonds is 3. The summed E-state index contributed by atoms with van der Waals surface area (Å²) in [6, 6.07) is 25.1. The highest BCUT2D eigenvalue weighted by molar-refractivity contribution is 5.92. The lowest BCUT2D eigenvalue weighted by atomic mass is 9.94. The number of hydrogen-bond donors (Lipinski definition) is 1. The van der Waals surface area contributed by atoms with Crippen molar-refractivity contribution in [3.63, 3.8) is 0 Å². The van der Waals surface area contributed by atoms with E-state index in [1.165, 1.54) is 16.8 Å². The molecule has 33 heavy (non-hydrogen) atoms. The van der Waals surface area contributed by atoms with E-state index in [9.17, 15) is 0 Å². The highest BCUT2D eigenvalue weighted by Crippen LogP contribution is 2.49. The summed E-state index contributed by atoms with van der Waals surface area (Å²) in [5.41, 5.74) is 14.7. The van der Waals surface area contributed by atoms with Crippen molar-refractivity contribution in [1.82, 2.24) is 0 Å². The van der Waals surface area contributed by atoms with E-state index in [1.807, 2.05) is 24.3 Å². The third kappa shape index (κ3) is 3.57. The van der Waals surface area contributed by atoms with Crippen LogP contribution in [0.3, 0.4) is 0 Å². The van der Waals surface area contributed by atoms with Crippen molar-refractivity contribution in [1.29, 1.82) is 0 Å². The summed E-state index contributed by atoms with van der Waals surface area (Å²) in [5.74, 6) is 4.84. The van der Waals surface area contributed by atoms with Crippen LogP contribution in [0.2, 0.25) is 0 Å². The second kappa shape index (κ2) is 8.01. The van der Waals surface area contributed by atoms with Crippen LogP contribution in [-0.4, -0.2) is 5.87 Å². The predicted octanol–water partition coefficient (Wildman–Crippen LogP) is 6.95. The number of benzene rings is 3. The second-order valence-electron chi connectivity index (χ2n) is 8.38. The lowest BCUT2D eigenvalue weighted by Gasteiger charge is -2.35. The van der Waals surface area contributed by atoms with Gasteiger partial charge in [-0.1, -0.05) is 54.6 Å². The lowest BCUT2D eigenvalue weighted by Crippen LogP contribution is -2.21. The molecule has 0 unspecified atom stereocenters. The van der Waals surface area contributed by atoms with E-state index in [4.69, 9.17) is 10.5 Å². The molecule has 0 amide bonds. The number of ether oxygens (including phenoxy) is 1. The number of fused-ring (bicyclic) bond motifs is 2. The first kappa shape index (κ1) is 19.4. The number of para-hydroxylation sites is 4. The maximum absolute atomic E-state index is 6.18. The number of allylic oxidation sites excluding steroid dienone is 5. The first-order valence-electron chi connectivity index (χ1n) is 11.2. The SMILES string of the molecule is NC1=CN=C=C(c2ccc(C3=CCCC(N4c5ccccc5Oc5ccccc54)=C3)cc2)C1. The van der Waals surface area contributed by atoms with Crippen LogP contribution >= 0.6 is 0 Å². The zero-order valence-electron chi connectivity index (χ0n) is 18.2. The van der Waals surface area contributed by atoms with Crippen LogP contribution in [0, 0.1) is 0 Å². The fourth-order valence-corrected chi connectivity index (χ4v) is 4.59. The van der Waals surface area contributed by atoms with Gasteiger partial charge in [-0.3, -0.25) is 0 Å². The topological polar surface area (TPSA) is 50.8 Å². The molecule has 3 aliphatic rings. The van der Waals surface area contributed by atoms with Gasteiger partial charge < -0.3 is 15.4 Å². The molecule has 0 spiro atoms. The molecule has 1 aliphatic carbocycles. The van der Waals surface area contributed by atoms with E-state index in [1.54, 1.807) is 6.20 Å². The zero-order chi connectivity index (χ0) is 22.2. The molecule has 4 nitrogen and oxygen atoms in total. The molecular formula is C29H23N3O. The Bertz CT molecular complexity index is 1360. The Morgan fingerprint density at radius 2 is 1.52 bits per heavy atom. The molecule has 0 radical (unpaired) electrons. The number of aliphatic imine (C=N–C) groups is 1. The number of nitrogens with zero attached hydrogens (tertiary/aromatic N) is 2. The number of hydrogen-bond acceptors (Lipinski definition) is 4. The first-order valence-corrected chi connectivity index (χ1v) is 11.2. The molecular weight excluding hydrogens is 406 g/mol. The van der Waals surface area contributed by atoms with Gasteiger partial charge in [-0.05, 0) is 65.8 Å². The van der Waals surface area contributed by atoms with Crippen molar-refractivity contribution in [3.05, 3.63) is 114 Å². The number of anilines is 2. The molecule has 0 aromatic heterocycles. The Morgan fingerprint density at radius 1 is 0.848 bits per heavy atom. The molecule has 2 heterocycles. The fourth-order valence-electron chi connectivity index (χ4n) is 4.59. The maximum atomic E-state index is 6.18. The smallest absolute Gasteiger partial charge is 0.151 e. The van der Waals surface area contributed by atoms with Crippen LogP contribution in [0.15, 0.2) is 108 Å². The molecule has 0 atom stereocenters. The van der Waals surface area contributed by atoms with E-state index < -0.39 is 0 Å². The molecule has 0 bridgehead atoms. The first-order chi connectivity index (χ1) is 16.3. The van der Waals surface area contributed by atoms with Crippen LogP contribution in [0.25, 0.3) is 11.1 Å². The van der Waals surface area contributed by atoms with Gasteiger partial charge >= 0.3 is 0 Å². The van der Waals surface area contributed by atoms with E-state index in [0.29, 0.717) is 6.42 Å². The Balaban J connectivity index is 1.35. The molecule has 2 N–H and O–H groups in total. The average molecular weight is 430 g/mol. The normalized spacial score (nSPS) is 16.5. The summed E-state index contributed by atoms with van der Waals surface area (Å²) in [5, 5.41) is 0. The molecule has 6 rings (SSSR count). The maximum Gasteiger partial charge on any atom is 0.151 e. The van der Waals surface area contributed by atoms with Crippen molar-refractivity contribution in [2.24, 2.45) is 10.7 Å². The highest BCUT2D eigenvalue weighted by Gasteiger charge is 2.27. The molecule has 0 fully saturated rings. The van der Waals surface area contributed by atoms with Gasteiger partial charge in [-0.15, -0.1) is 0 Å². The minimum absolute atomic E-state index is 0.686.